The maximum Gasteiger partial charge on any atom is 0.250 e. The second-order valence-electron chi connectivity index (χ2n) is 5.19. The standard InChI is InChI=1S/C19H17N3O2S2/c1-24-17-10-6-5-9-15(17)11-20-22-18(23)13-26-19-21-16(12-25-19)14-7-3-2-4-8-14/h2-12H,13H2,1H3,(H,22,23)/b20-11+. The van der Waals surface area contributed by atoms with E-state index in [4.69, 9.17) is 4.74 Å². The Bertz CT molecular complexity index is 895. The molecule has 1 aromatic heterocycles. The van der Waals surface area contributed by atoms with Gasteiger partial charge in [0.2, 0.25) is 0 Å². The molecule has 0 unspecified atom stereocenters. The summed E-state index contributed by atoms with van der Waals surface area (Å²) in [6.07, 6.45) is 1.57. The highest BCUT2D eigenvalue weighted by atomic mass is 32.2. The van der Waals surface area contributed by atoms with Crippen LogP contribution < -0.4 is 10.2 Å². The Morgan fingerprint density at radius 3 is 2.81 bits per heavy atom. The predicted octanol–water partition coefficient (Wildman–Crippen LogP) is 4.06. The van der Waals surface area contributed by atoms with E-state index in [0.29, 0.717) is 5.75 Å². The molecule has 0 spiro atoms. The lowest BCUT2D eigenvalue weighted by molar-refractivity contribution is -0.118. The number of aromatic nitrogens is 1. The molecule has 2 aromatic carbocycles. The van der Waals surface area contributed by atoms with Gasteiger partial charge in [-0.15, -0.1) is 11.3 Å². The van der Waals surface area contributed by atoms with Crippen LogP contribution in [-0.2, 0) is 4.79 Å². The summed E-state index contributed by atoms with van der Waals surface area (Å²) in [6.45, 7) is 0. The second-order valence-corrected chi connectivity index (χ2v) is 7.27. The van der Waals surface area contributed by atoms with Crippen molar-refractivity contribution in [1.82, 2.24) is 10.4 Å². The van der Waals surface area contributed by atoms with Gasteiger partial charge in [0.25, 0.3) is 5.91 Å². The average molecular weight is 383 g/mol. The van der Waals surface area contributed by atoms with Gasteiger partial charge in [-0.3, -0.25) is 4.79 Å². The Labute approximate surface area is 160 Å². The molecule has 26 heavy (non-hydrogen) atoms. The van der Waals surface area contributed by atoms with E-state index in [9.17, 15) is 4.79 Å². The molecular weight excluding hydrogens is 366 g/mol. The summed E-state index contributed by atoms with van der Waals surface area (Å²) < 4.78 is 6.09. The van der Waals surface area contributed by atoms with Crippen LogP contribution in [0, 0.1) is 0 Å². The number of hydrogen-bond donors (Lipinski definition) is 1. The number of ether oxygens (including phenoxy) is 1. The van der Waals surface area contributed by atoms with E-state index in [1.54, 1.807) is 13.3 Å². The number of rotatable bonds is 7. The van der Waals surface area contributed by atoms with Gasteiger partial charge in [-0.25, -0.2) is 10.4 Å². The zero-order chi connectivity index (χ0) is 18.2. The third-order valence-corrected chi connectivity index (χ3v) is 5.43. The molecule has 0 atom stereocenters. The van der Waals surface area contributed by atoms with Crippen molar-refractivity contribution < 1.29 is 9.53 Å². The van der Waals surface area contributed by atoms with Gasteiger partial charge < -0.3 is 4.74 Å². The Morgan fingerprint density at radius 2 is 2.00 bits per heavy atom. The third kappa shape index (κ3) is 4.93. The quantitative estimate of drug-likeness (QED) is 0.380. The van der Waals surface area contributed by atoms with Crippen molar-refractivity contribution in [3.05, 3.63) is 65.5 Å². The second kappa shape index (κ2) is 9.17. The summed E-state index contributed by atoms with van der Waals surface area (Å²) in [5.74, 6) is 0.777. The lowest BCUT2D eigenvalue weighted by Crippen LogP contribution is -2.19. The van der Waals surface area contributed by atoms with E-state index >= 15 is 0 Å². The van der Waals surface area contributed by atoms with Crippen LogP contribution in [0.25, 0.3) is 11.3 Å². The molecule has 0 saturated heterocycles. The molecule has 0 radical (unpaired) electrons. The summed E-state index contributed by atoms with van der Waals surface area (Å²) in [7, 11) is 1.60. The summed E-state index contributed by atoms with van der Waals surface area (Å²) in [6, 6.07) is 17.4. The molecule has 1 N–H and O–H groups in total. The average Bonchev–Trinajstić information content (AvgIpc) is 3.16. The van der Waals surface area contributed by atoms with Crippen LogP contribution in [-0.4, -0.2) is 30.0 Å². The number of hydrogen-bond acceptors (Lipinski definition) is 6. The minimum atomic E-state index is -0.183. The molecule has 0 saturated carbocycles. The normalized spacial score (nSPS) is 10.8. The number of methoxy groups -OCH3 is 1. The lowest BCUT2D eigenvalue weighted by Gasteiger charge is -2.03. The van der Waals surface area contributed by atoms with Gasteiger partial charge in [-0.05, 0) is 12.1 Å². The fourth-order valence-corrected chi connectivity index (χ4v) is 3.80. The van der Waals surface area contributed by atoms with Gasteiger partial charge in [0, 0.05) is 16.5 Å². The molecule has 7 heteroatoms. The van der Waals surface area contributed by atoms with Gasteiger partial charge in [0.15, 0.2) is 4.34 Å². The maximum absolute atomic E-state index is 11.9. The van der Waals surface area contributed by atoms with Crippen LogP contribution >= 0.6 is 23.1 Å². The first-order chi connectivity index (χ1) is 12.8. The van der Waals surface area contributed by atoms with Gasteiger partial charge in [-0.2, -0.15) is 5.10 Å². The van der Waals surface area contributed by atoms with Crippen molar-refractivity contribution in [3.8, 4) is 17.0 Å². The number of nitrogens with zero attached hydrogens (tertiary/aromatic N) is 2. The monoisotopic (exact) mass is 383 g/mol. The molecule has 0 bridgehead atoms. The van der Waals surface area contributed by atoms with Crippen LogP contribution in [0.5, 0.6) is 5.75 Å². The van der Waals surface area contributed by atoms with E-state index in [-0.39, 0.29) is 11.7 Å². The Kier molecular flexibility index (Phi) is 6.40. The molecule has 3 aromatic rings. The number of para-hydroxylation sites is 1. The first kappa shape index (κ1) is 18.2. The van der Waals surface area contributed by atoms with E-state index < -0.39 is 0 Å². The van der Waals surface area contributed by atoms with Crippen LogP contribution in [0.3, 0.4) is 0 Å². The number of carbonyl (C=O) groups excluding carboxylic acids is 1. The van der Waals surface area contributed by atoms with E-state index in [0.717, 1.165) is 21.2 Å². The van der Waals surface area contributed by atoms with Crippen molar-refractivity contribution in [2.24, 2.45) is 5.10 Å². The van der Waals surface area contributed by atoms with Crippen molar-refractivity contribution >= 4 is 35.2 Å². The molecule has 132 valence electrons. The molecule has 1 amide bonds. The first-order valence-corrected chi connectivity index (χ1v) is 9.71. The van der Waals surface area contributed by atoms with Gasteiger partial charge in [0.05, 0.1) is 24.8 Å². The minimum Gasteiger partial charge on any atom is -0.496 e. The first-order valence-electron chi connectivity index (χ1n) is 7.85. The largest absolute Gasteiger partial charge is 0.496 e. The number of benzene rings is 2. The Morgan fingerprint density at radius 1 is 1.23 bits per heavy atom. The smallest absolute Gasteiger partial charge is 0.250 e. The summed E-state index contributed by atoms with van der Waals surface area (Å²) in [4.78, 5) is 16.5. The van der Waals surface area contributed by atoms with Gasteiger partial charge in [0.1, 0.15) is 5.75 Å². The summed E-state index contributed by atoms with van der Waals surface area (Å²) in [5, 5.41) is 5.98. The van der Waals surface area contributed by atoms with Crippen molar-refractivity contribution in [1.29, 1.82) is 0 Å². The van der Waals surface area contributed by atoms with Crippen LogP contribution in [0.1, 0.15) is 5.56 Å². The van der Waals surface area contributed by atoms with Crippen molar-refractivity contribution in [3.63, 3.8) is 0 Å². The van der Waals surface area contributed by atoms with Gasteiger partial charge >= 0.3 is 0 Å². The fraction of sp³-hybridized carbons (Fsp3) is 0.105. The lowest BCUT2D eigenvalue weighted by atomic mass is 10.2. The molecule has 3 rings (SSSR count). The van der Waals surface area contributed by atoms with Crippen LogP contribution in [0.4, 0.5) is 0 Å². The maximum atomic E-state index is 11.9. The predicted molar refractivity (Wildman–Crippen MR) is 107 cm³/mol. The zero-order valence-corrected chi connectivity index (χ0v) is 15.7. The molecular formula is C19H17N3O2S2. The minimum absolute atomic E-state index is 0.183. The fourth-order valence-electron chi connectivity index (χ4n) is 2.17. The van der Waals surface area contributed by atoms with Crippen LogP contribution in [0.2, 0.25) is 0 Å². The molecule has 0 fully saturated rings. The Balaban J connectivity index is 1.50. The third-order valence-electron chi connectivity index (χ3n) is 3.41. The number of carbonyl (C=O) groups is 1. The number of thiazole rings is 1. The zero-order valence-electron chi connectivity index (χ0n) is 14.1. The van der Waals surface area contributed by atoms with E-state index in [1.165, 1.54) is 23.1 Å². The molecule has 0 aliphatic carbocycles. The van der Waals surface area contributed by atoms with Crippen LogP contribution in [0.15, 0.2) is 69.4 Å². The van der Waals surface area contributed by atoms with Crippen molar-refractivity contribution in [2.45, 2.75) is 4.34 Å². The SMILES string of the molecule is COc1ccccc1/C=N/NC(=O)CSc1nc(-c2ccccc2)cs1. The molecule has 0 aliphatic rings. The highest BCUT2D eigenvalue weighted by Gasteiger charge is 2.07. The number of amides is 1. The molecule has 0 aliphatic heterocycles. The Hall–Kier alpha value is -2.64. The highest BCUT2D eigenvalue weighted by molar-refractivity contribution is 8.01. The number of hydrazone groups is 1. The van der Waals surface area contributed by atoms with E-state index in [1.807, 2.05) is 60.0 Å². The summed E-state index contributed by atoms with van der Waals surface area (Å²) in [5.41, 5.74) is 5.32. The molecule has 5 nitrogen and oxygen atoms in total. The molecule has 1 heterocycles. The van der Waals surface area contributed by atoms with E-state index in [2.05, 4.69) is 15.5 Å². The summed E-state index contributed by atoms with van der Waals surface area (Å²) >= 11 is 2.92. The topological polar surface area (TPSA) is 63.6 Å². The van der Waals surface area contributed by atoms with Gasteiger partial charge in [-0.1, -0.05) is 54.2 Å². The highest BCUT2D eigenvalue weighted by Crippen LogP contribution is 2.27. The van der Waals surface area contributed by atoms with Crippen molar-refractivity contribution in [2.75, 3.05) is 12.9 Å². The number of thioether (sulfide) groups is 1. The number of nitrogens with one attached hydrogen (secondary N) is 1.